The van der Waals surface area contributed by atoms with Crippen molar-refractivity contribution in [2.75, 3.05) is 7.05 Å². The average molecular weight is 343 g/mol. The van der Waals surface area contributed by atoms with E-state index < -0.39 is 5.54 Å². The van der Waals surface area contributed by atoms with E-state index >= 15 is 0 Å². The quantitative estimate of drug-likeness (QED) is 0.894. The first-order valence-corrected chi connectivity index (χ1v) is 8.79. The molecule has 0 bridgehead atoms. The number of carbonyl (C=O) groups is 1. The van der Waals surface area contributed by atoms with Crippen LogP contribution in [0.3, 0.4) is 0 Å². The van der Waals surface area contributed by atoms with Gasteiger partial charge < -0.3 is 5.32 Å². The van der Waals surface area contributed by atoms with Gasteiger partial charge in [-0.3, -0.25) is 15.1 Å². The van der Waals surface area contributed by atoms with Gasteiger partial charge in [-0.2, -0.15) is 0 Å². The Bertz CT molecular complexity index is 759. The van der Waals surface area contributed by atoms with Crippen molar-refractivity contribution in [3.63, 3.8) is 0 Å². The molecule has 1 amide bonds. The molecular weight excluding hydrogens is 322 g/mol. The number of aromatic nitrogens is 2. The summed E-state index contributed by atoms with van der Waals surface area (Å²) in [6, 6.07) is 4.07. The van der Waals surface area contributed by atoms with Crippen LogP contribution in [0.4, 0.5) is 0 Å². The van der Waals surface area contributed by atoms with Crippen molar-refractivity contribution in [1.82, 2.24) is 20.2 Å². The number of thiophene rings is 1. The van der Waals surface area contributed by atoms with Crippen molar-refractivity contribution in [3.05, 3.63) is 35.7 Å². The van der Waals surface area contributed by atoms with E-state index in [1.165, 1.54) is 11.2 Å². The molecule has 2 aromatic rings. The summed E-state index contributed by atoms with van der Waals surface area (Å²) in [5.41, 5.74) is 0.383. The Kier molecular flexibility index (Phi) is 4.36. The average Bonchev–Trinajstić information content (AvgIpc) is 3.08. The summed E-state index contributed by atoms with van der Waals surface area (Å²) in [6.07, 6.45) is 6.77. The number of amides is 1. The minimum atomic E-state index is -0.574. The van der Waals surface area contributed by atoms with Gasteiger partial charge in [0.25, 0.3) is 0 Å². The summed E-state index contributed by atoms with van der Waals surface area (Å²) in [4.78, 5) is 24.4. The molecule has 0 radical (unpaired) electrons. The van der Waals surface area contributed by atoms with Crippen molar-refractivity contribution in [2.45, 2.75) is 32.2 Å². The zero-order chi connectivity index (χ0) is 17.3. The summed E-state index contributed by atoms with van der Waals surface area (Å²) < 4.78 is 0. The number of nitrogens with one attached hydrogen (secondary N) is 2. The predicted molar refractivity (Wildman–Crippen MR) is 94.7 cm³/mol. The highest BCUT2D eigenvalue weighted by atomic mass is 32.1. The summed E-state index contributed by atoms with van der Waals surface area (Å²) in [7, 11) is 1.65. The maximum Gasteiger partial charge on any atom is 0.234 e. The van der Waals surface area contributed by atoms with Crippen molar-refractivity contribution in [2.24, 2.45) is 5.92 Å². The molecule has 3 heterocycles. The SMILES string of the molecule is CCC[C@@H]1C(=O)N(C)C(=N)N[C@]1(C)c1ccc(-c2cncnc2)s1. The summed E-state index contributed by atoms with van der Waals surface area (Å²) in [5, 5.41) is 11.4. The van der Waals surface area contributed by atoms with E-state index in [2.05, 4.69) is 22.2 Å². The minimum Gasteiger partial charge on any atom is -0.345 e. The Hall–Kier alpha value is -2.28. The van der Waals surface area contributed by atoms with E-state index in [9.17, 15) is 4.79 Å². The first kappa shape index (κ1) is 16.6. The van der Waals surface area contributed by atoms with Crippen LogP contribution in [0.25, 0.3) is 10.4 Å². The molecule has 0 aliphatic carbocycles. The normalized spacial score (nSPS) is 24.1. The molecule has 1 saturated heterocycles. The summed E-state index contributed by atoms with van der Waals surface area (Å²) in [5.74, 6) is -0.0472. The second kappa shape index (κ2) is 6.32. The maximum absolute atomic E-state index is 12.7. The van der Waals surface area contributed by atoms with Crippen molar-refractivity contribution in [3.8, 4) is 10.4 Å². The van der Waals surface area contributed by atoms with Gasteiger partial charge in [0.1, 0.15) is 6.33 Å². The van der Waals surface area contributed by atoms with Crippen LogP contribution in [-0.2, 0) is 10.3 Å². The van der Waals surface area contributed by atoms with Gasteiger partial charge in [0, 0.05) is 34.8 Å². The Labute approximate surface area is 145 Å². The number of hydrogen-bond acceptors (Lipinski definition) is 5. The molecule has 1 fully saturated rings. The molecular formula is C17H21N5OS. The summed E-state index contributed by atoms with van der Waals surface area (Å²) in [6.45, 7) is 4.10. The molecule has 6 nitrogen and oxygen atoms in total. The van der Waals surface area contributed by atoms with Crippen LogP contribution in [0, 0.1) is 11.3 Å². The van der Waals surface area contributed by atoms with Gasteiger partial charge in [-0.1, -0.05) is 13.3 Å². The fourth-order valence-corrected chi connectivity index (χ4v) is 4.28. The third-order valence-electron chi connectivity index (χ3n) is 4.58. The van der Waals surface area contributed by atoms with Crippen LogP contribution in [0.15, 0.2) is 30.9 Å². The van der Waals surface area contributed by atoms with E-state index in [-0.39, 0.29) is 17.8 Å². The van der Waals surface area contributed by atoms with E-state index in [0.717, 1.165) is 28.2 Å². The summed E-state index contributed by atoms with van der Waals surface area (Å²) >= 11 is 1.62. The van der Waals surface area contributed by atoms with E-state index in [1.54, 1.807) is 30.8 Å². The van der Waals surface area contributed by atoms with Gasteiger partial charge in [-0.05, 0) is 25.5 Å². The number of guanidine groups is 1. The highest BCUT2D eigenvalue weighted by Crippen LogP contribution is 2.41. The monoisotopic (exact) mass is 343 g/mol. The first-order valence-electron chi connectivity index (χ1n) is 7.97. The number of rotatable bonds is 4. The molecule has 126 valence electrons. The van der Waals surface area contributed by atoms with Gasteiger partial charge in [0.2, 0.25) is 5.91 Å². The Morgan fingerprint density at radius 1 is 1.38 bits per heavy atom. The molecule has 0 saturated carbocycles. The van der Waals surface area contributed by atoms with Crippen LogP contribution < -0.4 is 5.32 Å². The molecule has 2 aromatic heterocycles. The molecule has 24 heavy (non-hydrogen) atoms. The fraction of sp³-hybridized carbons (Fsp3) is 0.412. The maximum atomic E-state index is 12.7. The molecule has 1 aliphatic heterocycles. The van der Waals surface area contributed by atoms with Gasteiger partial charge >= 0.3 is 0 Å². The third-order valence-corrected chi connectivity index (χ3v) is 5.95. The largest absolute Gasteiger partial charge is 0.345 e. The van der Waals surface area contributed by atoms with Gasteiger partial charge in [0.15, 0.2) is 5.96 Å². The van der Waals surface area contributed by atoms with Crippen LogP contribution in [0.5, 0.6) is 0 Å². The Balaban J connectivity index is 2.00. The highest BCUT2D eigenvalue weighted by Gasteiger charge is 2.47. The molecule has 0 aromatic carbocycles. The number of carbonyl (C=O) groups excluding carboxylic acids is 1. The van der Waals surface area contributed by atoms with Crippen LogP contribution in [0.1, 0.15) is 31.6 Å². The fourth-order valence-electron chi connectivity index (χ4n) is 3.14. The van der Waals surface area contributed by atoms with Crippen molar-refractivity contribution < 1.29 is 4.79 Å². The smallest absolute Gasteiger partial charge is 0.234 e. The number of hydrogen-bond donors (Lipinski definition) is 2. The highest BCUT2D eigenvalue weighted by molar-refractivity contribution is 7.15. The molecule has 0 spiro atoms. The lowest BCUT2D eigenvalue weighted by molar-refractivity contribution is -0.135. The molecule has 2 N–H and O–H groups in total. The van der Waals surface area contributed by atoms with Crippen LogP contribution >= 0.6 is 11.3 Å². The van der Waals surface area contributed by atoms with E-state index in [1.807, 2.05) is 19.1 Å². The molecule has 2 atom stereocenters. The molecule has 1 aliphatic rings. The van der Waals surface area contributed by atoms with Gasteiger partial charge in [-0.15, -0.1) is 11.3 Å². The second-order valence-electron chi connectivity index (χ2n) is 6.21. The zero-order valence-electron chi connectivity index (χ0n) is 14.0. The molecule has 3 rings (SSSR count). The Morgan fingerprint density at radius 2 is 2.08 bits per heavy atom. The lowest BCUT2D eigenvalue weighted by Gasteiger charge is -2.45. The minimum absolute atomic E-state index is 0.00101. The third kappa shape index (κ3) is 2.69. The second-order valence-corrected chi connectivity index (χ2v) is 7.29. The lowest BCUT2D eigenvalue weighted by Crippen LogP contribution is -2.63. The van der Waals surface area contributed by atoms with Crippen molar-refractivity contribution in [1.29, 1.82) is 5.41 Å². The van der Waals surface area contributed by atoms with Crippen LogP contribution in [0.2, 0.25) is 0 Å². The molecule has 7 heteroatoms. The zero-order valence-corrected chi connectivity index (χ0v) is 14.9. The van der Waals surface area contributed by atoms with Crippen LogP contribution in [-0.4, -0.2) is 33.8 Å². The number of nitrogens with zero attached hydrogens (tertiary/aromatic N) is 3. The topological polar surface area (TPSA) is 82.0 Å². The standard InChI is InChI=1S/C17H21N5OS/c1-4-5-12-15(23)22(3)16(18)21-17(12,2)14-7-6-13(24-14)11-8-19-10-20-9-11/h6-10,12H,4-5H2,1-3H3,(H2,18,21)/t12-,17+/m1/s1. The van der Waals surface area contributed by atoms with Gasteiger partial charge in [0.05, 0.1) is 11.5 Å². The van der Waals surface area contributed by atoms with Gasteiger partial charge in [-0.25, -0.2) is 9.97 Å². The Morgan fingerprint density at radius 3 is 2.75 bits per heavy atom. The predicted octanol–water partition coefficient (Wildman–Crippen LogP) is 2.83. The molecule has 0 unspecified atom stereocenters. The van der Waals surface area contributed by atoms with Crippen molar-refractivity contribution >= 4 is 23.2 Å². The van der Waals surface area contributed by atoms with E-state index in [0.29, 0.717) is 0 Å². The van der Waals surface area contributed by atoms with E-state index in [4.69, 9.17) is 5.41 Å². The first-order chi connectivity index (χ1) is 11.5. The lowest BCUT2D eigenvalue weighted by atomic mass is 9.79.